The van der Waals surface area contributed by atoms with Crippen LogP contribution in [0.2, 0.25) is 0 Å². The van der Waals surface area contributed by atoms with Crippen molar-refractivity contribution in [3.63, 3.8) is 0 Å². The van der Waals surface area contributed by atoms with E-state index in [-0.39, 0.29) is 23.5 Å². The van der Waals surface area contributed by atoms with Crippen LogP contribution in [0.25, 0.3) is 0 Å². The highest BCUT2D eigenvalue weighted by atomic mass is 19.4. The Morgan fingerprint density at radius 1 is 1.50 bits per heavy atom. The van der Waals surface area contributed by atoms with Crippen LogP contribution in [0.4, 0.5) is 13.2 Å². The summed E-state index contributed by atoms with van der Waals surface area (Å²) < 4.78 is 42.5. The number of aromatic nitrogens is 1. The standard InChI is InChI=1S/C13H13F3N2O2/c1-8(2)5-9-6-11(13(14,15)16)18-7-10(9)12(19)20-4-3-17/h6-8H,4-5H2,1-2H3. The molecule has 1 aromatic rings. The number of hydrogen-bond donors (Lipinski definition) is 0. The molecule has 0 aliphatic heterocycles. The molecule has 1 heterocycles. The van der Waals surface area contributed by atoms with Crippen molar-refractivity contribution < 1.29 is 22.7 Å². The fourth-order valence-electron chi connectivity index (χ4n) is 1.62. The van der Waals surface area contributed by atoms with Gasteiger partial charge in [-0.25, -0.2) is 4.79 Å². The number of carbonyl (C=O) groups is 1. The Morgan fingerprint density at radius 2 is 2.15 bits per heavy atom. The Hall–Kier alpha value is -2.10. The first-order chi connectivity index (χ1) is 9.25. The van der Waals surface area contributed by atoms with Crippen LogP contribution in [0.3, 0.4) is 0 Å². The Balaban J connectivity index is 3.17. The van der Waals surface area contributed by atoms with E-state index in [0.717, 1.165) is 12.3 Å². The Kier molecular flexibility index (Phi) is 5.08. The molecule has 0 spiro atoms. The molecule has 4 nitrogen and oxygen atoms in total. The van der Waals surface area contributed by atoms with E-state index in [1.54, 1.807) is 6.07 Å². The largest absolute Gasteiger partial charge is 0.447 e. The van der Waals surface area contributed by atoms with E-state index in [0.29, 0.717) is 0 Å². The number of nitrogens with zero attached hydrogens (tertiary/aromatic N) is 2. The van der Waals surface area contributed by atoms with Gasteiger partial charge in [-0.05, 0) is 24.0 Å². The second-order valence-electron chi connectivity index (χ2n) is 4.56. The van der Waals surface area contributed by atoms with E-state index in [1.807, 2.05) is 13.8 Å². The molecular weight excluding hydrogens is 273 g/mol. The third kappa shape index (κ3) is 4.23. The molecular formula is C13H13F3N2O2. The number of nitriles is 1. The summed E-state index contributed by atoms with van der Waals surface area (Å²) in [6.07, 6.45) is -3.44. The van der Waals surface area contributed by atoms with Gasteiger partial charge in [-0.15, -0.1) is 0 Å². The summed E-state index contributed by atoms with van der Waals surface area (Å²) in [5, 5.41) is 8.34. The molecule has 0 bridgehead atoms. The van der Waals surface area contributed by atoms with Gasteiger partial charge in [-0.3, -0.25) is 4.98 Å². The van der Waals surface area contributed by atoms with Gasteiger partial charge in [0.15, 0.2) is 6.61 Å². The van der Waals surface area contributed by atoms with Crippen molar-refractivity contribution >= 4 is 5.97 Å². The third-order valence-electron chi connectivity index (χ3n) is 2.40. The average molecular weight is 286 g/mol. The van der Waals surface area contributed by atoms with Gasteiger partial charge in [0.05, 0.1) is 5.56 Å². The lowest BCUT2D eigenvalue weighted by Crippen LogP contribution is -2.15. The summed E-state index contributed by atoms with van der Waals surface area (Å²) in [5.74, 6) is -0.788. The molecule has 0 aliphatic carbocycles. The number of halogens is 3. The number of esters is 1. The lowest BCUT2D eigenvalue weighted by Gasteiger charge is -2.13. The van der Waals surface area contributed by atoms with Crippen molar-refractivity contribution in [2.24, 2.45) is 5.92 Å². The van der Waals surface area contributed by atoms with E-state index in [9.17, 15) is 18.0 Å². The van der Waals surface area contributed by atoms with Gasteiger partial charge in [0, 0.05) is 6.20 Å². The first kappa shape index (κ1) is 16.0. The van der Waals surface area contributed by atoms with E-state index < -0.39 is 24.4 Å². The van der Waals surface area contributed by atoms with Crippen LogP contribution >= 0.6 is 0 Å². The van der Waals surface area contributed by atoms with Gasteiger partial charge in [-0.1, -0.05) is 13.8 Å². The molecule has 0 fully saturated rings. The lowest BCUT2D eigenvalue weighted by atomic mass is 9.98. The van der Waals surface area contributed by atoms with Crippen molar-refractivity contribution in [3.05, 3.63) is 29.1 Å². The van der Waals surface area contributed by atoms with Crippen molar-refractivity contribution in [2.45, 2.75) is 26.4 Å². The molecule has 0 aromatic carbocycles. The monoisotopic (exact) mass is 286 g/mol. The van der Waals surface area contributed by atoms with Crippen LogP contribution in [-0.2, 0) is 17.3 Å². The summed E-state index contributed by atoms with van der Waals surface area (Å²) in [4.78, 5) is 14.9. The van der Waals surface area contributed by atoms with Gasteiger partial charge >= 0.3 is 12.1 Å². The summed E-state index contributed by atoms with van der Waals surface area (Å²) in [6.45, 7) is 3.18. The van der Waals surface area contributed by atoms with Crippen molar-refractivity contribution in [1.29, 1.82) is 5.26 Å². The second kappa shape index (κ2) is 6.37. The lowest BCUT2D eigenvalue weighted by molar-refractivity contribution is -0.141. The van der Waals surface area contributed by atoms with Gasteiger partial charge in [-0.2, -0.15) is 18.4 Å². The molecule has 0 N–H and O–H groups in total. The molecule has 0 atom stereocenters. The zero-order valence-electron chi connectivity index (χ0n) is 11.0. The van der Waals surface area contributed by atoms with Gasteiger partial charge < -0.3 is 4.74 Å². The van der Waals surface area contributed by atoms with Crippen LogP contribution in [-0.4, -0.2) is 17.6 Å². The maximum Gasteiger partial charge on any atom is 0.433 e. The van der Waals surface area contributed by atoms with Crippen LogP contribution in [0.15, 0.2) is 12.3 Å². The number of hydrogen-bond acceptors (Lipinski definition) is 4. The topological polar surface area (TPSA) is 63.0 Å². The molecule has 0 aliphatic rings. The highest BCUT2D eigenvalue weighted by Crippen LogP contribution is 2.29. The summed E-state index contributed by atoms with van der Waals surface area (Å²) in [5.41, 5.74) is -0.878. The normalized spacial score (nSPS) is 11.2. The number of alkyl halides is 3. The SMILES string of the molecule is CC(C)Cc1cc(C(F)(F)F)ncc1C(=O)OCC#N. The predicted octanol–water partition coefficient (Wildman–Crippen LogP) is 2.98. The van der Waals surface area contributed by atoms with Gasteiger partial charge in [0.1, 0.15) is 11.8 Å². The van der Waals surface area contributed by atoms with Crippen molar-refractivity contribution in [1.82, 2.24) is 4.98 Å². The average Bonchev–Trinajstić information content (AvgIpc) is 2.34. The summed E-state index contributed by atoms with van der Waals surface area (Å²) in [6, 6.07) is 2.47. The molecule has 1 rings (SSSR count). The smallest absolute Gasteiger partial charge is 0.433 e. The van der Waals surface area contributed by atoms with Crippen LogP contribution in [0.1, 0.15) is 35.5 Å². The summed E-state index contributed by atoms with van der Waals surface area (Å²) in [7, 11) is 0. The molecule has 0 radical (unpaired) electrons. The minimum atomic E-state index is -4.57. The molecule has 7 heteroatoms. The molecule has 0 saturated heterocycles. The second-order valence-corrected chi connectivity index (χ2v) is 4.56. The highest BCUT2D eigenvalue weighted by molar-refractivity contribution is 5.90. The van der Waals surface area contributed by atoms with Gasteiger partial charge in [0.2, 0.25) is 0 Å². The number of ether oxygens (including phenoxy) is 1. The number of rotatable bonds is 4. The van der Waals surface area contributed by atoms with Crippen LogP contribution in [0, 0.1) is 17.2 Å². The minimum absolute atomic E-state index is 0.0399. The van der Waals surface area contributed by atoms with Crippen molar-refractivity contribution in [3.8, 4) is 6.07 Å². The Labute approximate surface area is 114 Å². The third-order valence-corrected chi connectivity index (χ3v) is 2.40. The number of pyridine rings is 1. The Morgan fingerprint density at radius 3 is 2.65 bits per heavy atom. The molecule has 0 unspecified atom stereocenters. The molecule has 20 heavy (non-hydrogen) atoms. The molecule has 0 saturated carbocycles. The summed E-state index contributed by atoms with van der Waals surface area (Å²) >= 11 is 0. The van der Waals surface area contributed by atoms with E-state index >= 15 is 0 Å². The van der Waals surface area contributed by atoms with E-state index in [2.05, 4.69) is 9.72 Å². The maximum absolute atomic E-state index is 12.6. The minimum Gasteiger partial charge on any atom is -0.447 e. The molecule has 108 valence electrons. The fraction of sp³-hybridized carbons (Fsp3) is 0.462. The molecule has 0 amide bonds. The molecule has 1 aromatic heterocycles. The Bertz CT molecular complexity index is 533. The van der Waals surface area contributed by atoms with Crippen molar-refractivity contribution in [2.75, 3.05) is 6.61 Å². The zero-order valence-corrected chi connectivity index (χ0v) is 11.0. The first-order valence-electron chi connectivity index (χ1n) is 5.86. The maximum atomic E-state index is 12.6. The van der Waals surface area contributed by atoms with Crippen LogP contribution < -0.4 is 0 Å². The zero-order chi connectivity index (χ0) is 15.3. The first-order valence-corrected chi connectivity index (χ1v) is 5.86. The fourth-order valence-corrected chi connectivity index (χ4v) is 1.62. The van der Waals surface area contributed by atoms with Crippen LogP contribution in [0.5, 0.6) is 0 Å². The van der Waals surface area contributed by atoms with Gasteiger partial charge in [0.25, 0.3) is 0 Å². The van der Waals surface area contributed by atoms with E-state index in [1.165, 1.54) is 0 Å². The highest BCUT2D eigenvalue weighted by Gasteiger charge is 2.33. The number of carbonyl (C=O) groups excluding carboxylic acids is 1. The van der Waals surface area contributed by atoms with E-state index in [4.69, 9.17) is 5.26 Å². The quantitative estimate of drug-likeness (QED) is 0.798. The predicted molar refractivity (Wildman–Crippen MR) is 63.7 cm³/mol.